The highest BCUT2D eigenvalue weighted by molar-refractivity contribution is 5.80. The molecule has 1 atom stereocenters. The second-order valence-electron chi connectivity index (χ2n) is 4.44. The number of oxime groups is 1. The second-order valence-corrected chi connectivity index (χ2v) is 4.44. The van der Waals surface area contributed by atoms with Crippen LogP contribution >= 0.6 is 0 Å². The van der Waals surface area contributed by atoms with E-state index in [9.17, 15) is 0 Å². The van der Waals surface area contributed by atoms with Gasteiger partial charge in [-0.1, -0.05) is 49.3 Å². The van der Waals surface area contributed by atoms with Gasteiger partial charge < -0.3 is 16.3 Å². The van der Waals surface area contributed by atoms with Gasteiger partial charge in [-0.25, -0.2) is 0 Å². The number of rotatable bonds is 7. The van der Waals surface area contributed by atoms with E-state index >= 15 is 0 Å². The zero-order valence-electron chi connectivity index (χ0n) is 11.1. The number of hydrogen-bond donors (Lipinski definition) is 3. The summed E-state index contributed by atoms with van der Waals surface area (Å²) in [6, 6.07) is 10.6. The lowest BCUT2D eigenvalue weighted by Crippen LogP contribution is -2.34. The molecule has 1 rings (SSSR count). The summed E-state index contributed by atoms with van der Waals surface area (Å²) >= 11 is 0. The Morgan fingerprint density at radius 2 is 1.89 bits per heavy atom. The summed E-state index contributed by atoms with van der Waals surface area (Å²) in [6.07, 6.45) is 2.64. The molecule has 0 saturated heterocycles. The smallest absolute Gasteiger partial charge is 0.141 e. The third kappa shape index (κ3) is 4.37. The van der Waals surface area contributed by atoms with Crippen LogP contribution in [0.1, 0.15) is 44.7 Å². The van der Waals surface area contributed by atoms with Crippen LogP contribution in [0.2, 0.25) is 0 Å². The molecule has 4 nitrogen and oxygen atoms in total. The Bertz CT molecular complexity index is 361. The Morgan fingerprint density at radius 1 is 1.28 bits per heavy atom. The van der Waals surface area contributed by atoms with E-state index in [1.54, 1.807) is 0 Å². The topological polar surface area (TPSA) is 70.6 Å². The number of hydrogen-bond acceptors (Lipinski definition) is 3. The fourth-order valence-corrected chi connectivity index (χ4v) is 2.02. The van der Waals surface area contributed by atoms with E-state index in [1.165, 1.54) is 0 Å². The molecule has 1 aromatic carbocycles. The SMILES string of the molecule is CCC(CC)NC(CC(N)=NO)c1ccccc1. The van der Waals surface area contributed by atoms with E-state index in [0.29, 0.717) is 12.5 Å². The van der Waals surface area contributed by atoms with Gasteiger partial charge in [0.15, 0.2) is 0 Å². The number of amidine groups is 1. The number of nitrogens with zero attached hydrogens (tertiary/aromatic N) is 1. The van der Waals surface area contributed by atoms with Gasteiger partial charge in [-0.2, -0.15) is 0 Å². The van der Waals surface area contributed by atoms with Crippen LogP contribution < -0.4 is 11.1 Å². The minimum absolute atomic E-state index is 0.0898. The molecule has 0 heterocycles. The lowest BCUT2D eigenvalue weighted by Gasteiger charge is -2.24. The quantitative estimate of drug-likeness (QED) is 0.301. The van der Waals surface area contributed by atoms with Crippen molar-refractivity contribution in [3.05, 3.63) is 35.9 Å². The second kappa shape index (κ2) is 7.71. The first-order valence-electron chi connectivity index (χ1n) is 6.48. The van der Waals surface area contributed by atoms with Crippen molar-refractivity contribution in [2.24, 2.45) is 10.9 Å². The fraction of sp³-hybridized carbons (Fsp3) is 0.500. The summed E-state index contributed by atoms with van der Waals surface area (Å²) in [5, 5.41) is 15.3. The molecule has 0 aliphatic carbocycles. The van der Waals surface area contributed by atoms with Crippen LogP contribution in [0.5, 0.6) is 0 Å². The predicted octanol–water partition coefficient (Wildman–Crippen LogP) is 2.64. The molecule has 0 radical (unpaired) electrons. The molecule has 0 aliphatic rings. The van der Waals surface area contributed by atoms with Crippen molar-refractivity contribution in [1.29, 1.82) is 0 Å². The summed E-state index contributed by atoms with van der Waals surface area (Å²) in [7, 11) is 0. The van der Waals surface area contributed by atoms with Crippen molar-refractivity contribution in [2.45, 2.75) is 45.2 Å². The number of nitrogens with two attached hydrogens (primary N) is 1. The van der Waals surface area contributed by atoms with Crippen molar-refractivity contribution >= 4 is 5.84 Å². The first-order valence-corrected chi connectivity index (χ1v) is 6.48. The molecular weight excluding hydrogens is 226 g/mol. The molecule has 0 bridgehead atoms. The molecule has 18 heavy (non-hydrogen) atoms. The molecule has 0 aromatic heterocycles. The minimum atomic E-state index is 0.0898. The monoisotopic (exact) mass is 249 g/mol. The summed E-state index contributed by atoms with van der Waals surface area (Å²) in [5.74, 6) is 0.252. The third-order valence-corrected chi connectivity index (χ3v) is 3.17. The maximum atomic E-state index is 8.71. The van der Waals surface area contributed by atoms with Gasteiger partial charge >= 0.3 is 0 Å². The van der Waals surface area contributed by atoms with E-state index in [4.69, 9.17) is 10.9 Å². The average molecular weight is 249 g/mol. The number of nitrogens with one attached hydrogen (secondary N) is 1. The van der Waals surface area contributed by atoms with E-state index < -0.39 is 0 Å². The van der Waals surface area contributed by atoms with Crippen LogP contribution in [-0.2, 0) is 0 Å². The van der Waals surface area contributed by atoms with Gasteiger partial charge in [-0.05, 0) is 18.4 Å². The standard InChI is InChI=1S/C14H23N3O/c1-3-12(4-2)16-13(10-14(15)17-18)11-8-6-5-7-9-11/h5-9,12-13,16,18H,3-4,10H2,1-2H3,(H2,15,17). The summed E-state index contributed by atoms with van der Waals surface area (Å²) in [6.45, 7) is 4.32. The van der Waals surface area contributed by atoms with E-state index in [0.717, 1.165) is 18.4 Å². The van der Waals surface area contributed by atoms with Crippen molar-refractivity contribution in [3.63, 3.8) is 0 Å². The molecule has 0 saturated carbocycles. The third-order valence-electron chi connectivity index (χ3n) is 3.17. The van der Waals surface area contributed by atoms with Crippen LogP contribution in [0.3, 0.4) is 0 Å². The molecule has 1 aromatic rings. The molecular formula is C14H23N3O. The van der Waals surface area contributed by atoms with Gasteiger partial charge in [0.2, 0.25) is 0 Å². The van der Waals surface area contributed by atoms with Crippen molar-refractivity contribution < 1.29 is 5.21 Å². The van der Waals surface area contributed by atoms with Crippen LogP contribution in [-0.4, -0.2) is 17.1 Å². The van der Waals surface area contributed by atoms with Crippen molar-refractivity contribution in [1.82, 2.24) is 5.32 Å². The van der Waals surface area contributed by atoms with Gasteiger partial charge in [0, 0.05) is 18.5 Å². The highest BCUT2D eigenvalue weighted by atomic mass is 16.4. The highest BCUT2D eigenvalue weighted by Gasteiger charge is 2.16. The van der Waals surface area contributed by atoms with Crippen LogP contribution in [0, 0.1) is 0 Å². The van der Waals surface area contributed by atoms with Gasteiger partial charge in [0.25, 0.3) is 0 Å². The molecule has 100 valence electrons. The Hall–Kier alpha value is -1.55. The normalized spacial score (nSPS) is 13.8. The Kier molecular flexibility index (Phi) is 6.22. The molecule has 4 heteroatoms. The van der Waals surface area contributed by atoms with Gasteiger partial charge in [-0.3, -0.25) is 0 Å². The Morgan fingerprint density at radius 3 is 2.39 bits per heavy atom. The number of benzene rings is 1. The zero-order valence-corrected chi connectivity index (χ0v) is 11.1. The van der Waals surface area contributed by atoms with E-state index in [-0.39, 0.29) is 11.9 Å². The first-order chi connectivity index (χ1) is 8.71. The van der Waals surface area contributed by atoms with E-state index in [1.807, 2.05) is 18.2 Å². The zero-order chi connectivity index (χ0) is 13.4. The molecule has 4 N–H and O–H groups in total. The molecule has 1 unspecified atom stereocenters. The minimum Gasteiger partial charge on any atom is -0.409 e. The Labute approximate surface area is 109 Å². The van der Waals surface area contributed by atoms with Gasteiger partial charge in [0.1, 0.15) is 5.84 Å². The molecule has 0 aliphatic heterocycles. The summed E-state index contributed by atoms with van der Waals surface area (Å²) in [4.78, 5) is 0. The maximum absolute atomic E-state index is 8.71. The van der Waals surface area contributed by atoms with E-state index in [2.05, 4.69) is 36.5 Å². The predicted molar refractivity (Wildman–Crippen MR) is 74.7 cm³/mol. The lowest BCUT2D eigenvalue weighted by atomic mass is 10.0. The van der Waals surface area contributed by atoms with Crippen molar-refractivity contribution in [3.8, 4) is 0 Å². The molecule has 0 amide bonds. The van der Waals surface area contributed by atoms with Gasteiger partial charge in [-0.15, -0.1) is 0 Å². The summed E-state index contributed by atoms with van der Waals surface area (Å²) in [5.41, 5.74) is 6.79. The largest absolute Gasteiger partial charge is 0.409 e. The Balaban J connectivity index is 2.81. The van der Waals surface area contributed by atoms with Crippen LogP contribution in [0.15, 0.2) is 35.5 Å². The van der Waals surface area contributed by atoms with Crippen LogP contribution in [0.4, 0.5) is 0 Å². The van der Waals surface area contributed by atoms with Crippen molar-refractivity contribution in [2.75, 3.05) is 0 Å². The molecule has 0 spiro atoms. The average Bonchev–Trinajstić information content (AvgIpc) is 2.44. The highest BCUT2D eigenvalue weighted by Crippen LogP contribution is 2.18. The fourth-order valence-electron chi connectivity index (χ4n) is 2.02. The van der Waals surface area contributed by atoms with Gasteiger partial charge in [0.05, 0.1) is 0 Å². The first kappa shape index (κ1) is 14.5. The molecule has 0 fully saturated rings. The summed E-state index contributed by atoms with van der Waals surface area (Å²) < 4.78 is 0. The lowest BCUT2D eigenvalue weighted by molar-refractivity contribution is 0.314. The van der Waals surface area contributed by atoms with Crippen LogP contribution in [0.25, 0.3) is 0 Å². The maximum Gasteiger partial charge on any atom is 0.141 e.